The minimum absolute atomic E-state index is 0.00176. The van der Waals surface area contributed by atoms with Crippen LogP contribution in [0.25, 0.3) is 0 Å². The third kappa shape index (κ3) is 4.73. The molecule has 3 N–H and O–H groups in total. The zero-order valence-electron chi connectivity index (χ0n) is 14.9. The highest BCUT2D eigenvalue weighted by molar-refractivity contribution is 5.93. The highest BCUT2D eigenvalue weighted by Gasteiger charge is 2.35. The number of nitrogens with one attached hydrogen (secondary N) is 3. The number of benzene rings is 1. The lowest BCUT2D eigenvalue weighted by molar-refractivity contribution is -0.124. The van der Waals surface area contributed by atoms with Crippen molar-refractivity contribution in [3.8, 4) is 0 Å². The molecule has 6 heteroatoms. The fourth-order valence-corrected chi connectivity index (χ4v) is 3.57. The van der Waals surface area contributed by atoms with Crippen LogP contribution in [0, 0.1) is 5.92 Å². The summed E-state index contributed by atoms with van der Waals surface area (Å²) in [6, 6.07) is 11.5. The van der Waals surface area contributed by atoms with Gasteiger partial charge in [0.05, 0.1) is 24.3 Å². The number of furan rings is 1. The van der Waals surface area contributed by atoms with Gasteiger partial charge in [-0.2, -0.15) is 0 Å². The van der Waals surface area contributed by atoms with Gasteiger partial charge in [-0.15, -0.1) is 0 Å². The van der Waals surface area contributed by atoms with Crippen LogP contribution in [0.5, 0.6) is 0 Å². The maximum Gasteiger partial charge on any atom is 0.229 e. The Morgan fingerprint density at radius 3 is 2.65 bits per heavy atom. The monoisotopic (exact) mass is 355 g/mol. The van der Waals surface area contributed by atoms with Crippen LogP contribution in [0.1, 0.15) is 24.8 Å². The van der Waals surface area contributed by atoms with Crippen molar-refractivity contribution in [2.45, 2.75) is 37.8 Å². The second-order valence-corrected chi connectivity index (χ2v) is 6.74. The molecular formula is C20H25N3O3. The van der Waals surface area contributed by atoms with Crippen LogP contribution in [-0.4, -0.2) is 30.9 Å². The third-order valence-electron chi connectivity index (χ3n) is 4.92. The molecule has 3 atom stereocenters. The van der Waals surface area contributed by atoms with Crippen LogP contribution in [-0.2, 0) is 16.0 Å². The molecule has 0 aliphatic heterocycles. The van der Waals surface area contributed by atoms with E-state index in [1.165, 1.54) is 12.5 Å². The first-order valence-electron chi connectivity index (χ1n) is 8.99. The molecule has 0 saturated heterocycles. The van der Waals surface area contributed by atoms with Gasteiger partial charge < -0.3 is 20.4 Å². The predicted molar refractivity (Wildman–Crippen MR) is 99.6 cm³/mol. The molecule has 6 nitrogen and oxygen atoms in total. The average molecular weight is 355 g/mol. The Morgan fingerprint density at radius 2 is 1.96 bits per heavy atom. The summed E-state index contributed by atoms with van der Waals surface area (Å²) in [7, 11) is 1.87. The van der Waals surface area contributed by atoms with Crippen LogP contribution >= 0.6 is 0 Å². The van der Waals surface area contributed by atoms with Gasteiger partial charge in [-0.1, -0.05) is 30.3 Å². The van der Waals surface area contributed by atoms with Crippen LogP contribution in [0.3, 0.4) is 0 Å². The summed E-state index contributed by atoms with van der Waals surface area (Å²) in [6.07, 6.45) is 5.72. The molecule has 0 bridgehead atoms. The van der Waals surface area contributed by atoms with Crippen LogP contribution in [0.4, 0.5) is 5.69 Å². The number of anilines is 1. The summed E-state index contributed by atoms with van der Waals surface area (Å²) < 4.78 is 5.00. The van der Waals surface area contributed by atoms with Crippen molar-refractivity contribution < 1.29 is 14.0 Å². The van der Waals surface area contributed by atoms with Crippen LogP contribution < -0.4 is 16.0 Å². The van der Waals surface area contributed by atoms with Crippen molar-refractivity contribution >= 4 is 17.5 Å². The molecule has 1 aromatic heterocycles. The smallest absolute Gasteiger partial charge is 0.229 e. The minimum Gasteiger partial charge on any atom is -0.470 e. The summed E-state index contributed by atoms with van der Waals surface area (Å²) in [4.78, 5) is 25.0. The minimum atomic E-state index is -0.203. The Kier molecular flexibility index (Phi) is 6.07. The second-order valence-electron chi connectivity index (χ2n) is 6.74. The predicted octanol–water partition coefficient (Wildman–Crippen LogP) is 2.33. The quantitative estimate of drug-likeness (QED) is 0.743. The number of rotatable bonds is 6. The molecule has 1 saturated carbocycles. The van der Waals surface area contributed by atoms with Gasteiger partial charge in [0, 0.05) is 12.1 Å². The SMILES string of the molecule is CNC1CCC(NC(=O)Cc2ccccc2)CC1C(=O)Nc1ccoc1. The van der Waals surface area contributed by atoms with Crippen molar-refractivity contribution in [3.05, 3.63) is 54.5 Å². The second kappa shape index (κ2) is 8.67. The fraction of sp³-hybridized carbons (Fsp3) is 0.400. The molecule has 1 heterocycles. The highest BCUT2D eigenvalue weighted by Crippen LogP contribution is 2.26. The lowest BCUT2D eigenvalue weighted by Gasteiger charge is -2.35. The van der Waals surface area contributed by atoms with E-state index in [0.717, 1.165) is 18.4 Å². The molecule has 0 spiro atoms. The van der Waals surface area contributed by atoms with E-state index in [1.807, 2.05) is 37.4 Å². The molecule has 1 fully saturated rings. The molecule has 1 aliphatic rings. The van der Waals surface area contributed by atoms with Gasteiger partial charge in [0.2, 0.25) is 11.8 Å². The maximum atomic E-state index is 12.7. The molecule has 0 radical (unpaired) electrons. The highest BCUT2D eigenvalue weighted by atomic mass is 16.3. The Balaban J connectivity index is 1.57. The zero-order chi connectivity index (χ0) is 18.4. The summed E-state index contributed by atoms with van der Waals surface area (Å²) in [6.45, 7) is 0. The van der Waals surface area contributed by atoms with Gasteiger partial charge in [-0.3, -0.25) is 9.59 Å². The fourth-order valence-electron chi connectivity index (χ4n) is 3.57. The molecule has 3 unspecified atom stereocenters. The van der Waals surface area contributed by atoms with Crippen molar-refractivity contribution in [2.75, 3.05) is 12.4 Å². The number of hydrogen-bond donors (Lipinski definition) is 3. The number of hydrogen-bond acceptors (Lipinski definition) is 4. The Morgan fingerprint density at radius 1 is 1.15 bits per heavy atom. The van der Waals surface area contributed by atoms with E-state index >= 15 is 0 Å². The van der Waals surface area contributed by atoms with Crippen molar-refractivity contribution in [1.29, 1.82) is 0 Å². The van der Waals surface area contributed by atoms with Crippen molar-refractivity contribution in [1.82, 2.24) is 10.6 Å². The van der Waals surface area contributed by atoms with Crippen LogP contribution in [0.2, 0.25) is 0 Å². The molecule has 1 aromatic carbocycles. The van der Waals surface area contributed by atoms with E-state index in [2.05, 4.69) is 16.0 Å². The molecule has 2 amide bonds. The van der Waals surface area contributed by atoms with Crippen molar-refractivity contribution in [3.63, 3.8) is 0 Å². The first-order valence-corrected chi connectivity index (χ1v) is 8.99. The summed E-state index contributed by atoms with van der Waals surface area (Å²) in [5.74, 6) is -0.253. The van der Waals surface area contributed by atoms with E-state index < -0.39 is 0 Å². The summed E-state index contributed by atoms with van der Waals surface area (Å²) in [5.41, 5.74) is 1.64. The first-order chi connectivity index (χ1) is 12.7. The lowest BCUT2D eigenvalue weighted by Crippen LogP contribution is -2.50. The molecule has 2 aromatic rings. The summed E-state index contributed by atoms with van der Waals surface area (Å²) in [5, 5.41) is 9.21. The van der Waals surface area contributed by atoms with E-state index in [4.69, 9.17) is 4.42 Å². The number of amides is 2. The topological polar surface area (TPSA) is 83.4 Å². The maximum absolute atomic E-state index is 12.7. The van der Waals surface area contributed by atoms with Crippen molar-refractivity contribution in [2.24, 2.45) is 5.92 Å². The zero-order valence-corrected chi connectivity index (χ0v) is 14.9. The van der Waals surface area contributed by atoms with Gasteiger partial charge in [-0.05, 0) is 37.9 Å². The molecular weight excluding hydrogens is 330 g/mol. The third-order valence-corrected chi connectivity index (χ3v) is 4.92. The normalized spacial score (nSPS) is 22.6. The Bertz CT molecular complexity index is 715. The number of carbonyl (C=O) groups is 2. The molecule has 3 rings (SSSR count). The van der Waals surface area contributed by atoms with Gasteiger partial charge in [0.25, 0.3) is 0 Å². The van der Waals surface area contributed by atoms with E-state index in [0.29, 0.717) is 18.5 Å². The average Bonchev–Trinajstić information content (AvgIpc) is 3.15. The van der Waals surface area contributed by atoms with Gasteiger partial charge in [-0.25, -0.2) is 0 Å². The standard InChI is InChI=1S/C20H25N3O3/c1-21-18-8-7-15(22-19(24)11-14-5-3-2-4-6-14)12-17(18)20(25)23-16-9-10-26-13-16/h2-6,9-10,13,15,17-18,21H,7-8,11-12H2,1H3,(H,22,24)(H,23,25). The van der Waals surface area contributed by atoms with E-state index in [-0.39, 0.29) is 29.8 Å². The van der Waals surface area contributed by atoms with Gasteiger partial charge in [0.15, 0.2) is 0 Å². The molecule has 26 heavy (non-hydrogen) atoms. The number of carbonyl (C=O) groups excluding carboxylic acids is 2. The van der Waals surface area contributed by atoms with Gasteiger partial charge >= 0.3 is 0 Å². The molecule has 1 aliphatic carbocycles. The van der Waals surface area contributed by atoms with E-state index in [9.17, 15) is 9.59 Å². The van der Waals surface area contributed by atoms with E-state index in [1.54, 1.807) is 6.07 Å². The lowest BCUT2D eigenvalue weighted by atomic mass is 9.80. The largest absolute Gasteiger partial charge is 0.470 e. The summed E-state index contributed by atoms with van der Waals surface area (Å²) >= 11 is 0. The van der Waals surface area contributed by atoms with Gasteiger partial charge in [0.1, 0.15) is 6.26 Å². The Labute approximate surface area is 153 Å². The molecule has 138 valence electrons. The first kappa shape index (κ1) is 18.2. The van der Waals surface area contributed by atoms with Crippen LogP contribution in [0.15, 0.2) is 53.3 Å². The Hall–Kier alpha value is -2.60.